The topological polar surface area (TPSA) is 119 Å². The van der Waals surface area contributed by atoms with Gasteiger partial charge in [-0.2, -0.15) is 0 Å². The average molecular weight is 548 g/mol. The number of nitrogens with one attached hydrogen (secondary N) is 2. The zero-order valence-corrected chi connectivity index (χ0v) is 23.7. The summed E-state index contributed by atoms with van der Waals surface area (Å²) in [5, 5.41) is 14.8. The van der Waals surface area contributed by atoms with Crippen molar-refractivity contribution >= 4 is 40.3 Å². The number of carbonyl (C=O) groups is 1. The van der Waals surface area contributed by atoms with Crippen molar-refractivity contribution in [2.24, 2.45) is 10.9 Å². The average Bonchev–Trinajstić information content (AvgIpc) is 3.29. The molecule has 1 fully saturated rings. The third-order valence-electron chi connectivity index (χ3n) is 7.91. The SMILES string of the molecule is CC1CCCCCC(=O)N(C)CCCNc2ncnc3[nH]c(O)c(c23)C=Nc2ccc(N3CCOCC3)c(c2)C1. The third kappa shape index (κ3) is 6.72. The van der Waals surface area contributed by atoms with Gasteiger partial charge in [0.25, 0.3) is 0 Å². The highest BCUT2D eigenvalue weighted by molar-refractivity contribution is 6.06. The van der Waals surface area contributed by atoms with Crippen LogP contribution >= 0.6 is 0 Å². The number of hydrogen-bond acceptors (Lipinski definition) is 8. The maximum Gasteiger partial charge on any atom is 0.222 e. The van der Waals surface area contributed by atoms with Crippen molar-refractivity contribution in [2.75, 3.05) is 56.7 Å². The van der Waals surface area contributed by atoms with Crippen LogP contribution in [0, 0.1) is 5.92 Å². The van der Waals surface area contributed by atoms with E-state index >= 15 is 0 Å². The molecule has 10 nitrogen and oxygen atoms in total. The number of aromatic hydroxyl groups is 1. The zero-order chi connectivity index (χ0) is 27.9. The standard InChI is InChI=1S/C30H41N7O3/c1-21-7-4-3-5-8-26(38)36(2)12-6-11-31-28-27-24(30(39)35-29(27)34-20-33-28)19-32-23-9-10-25(22(17-21)18-23)37-13-15-40-16-14-37/h9-10,18-21,39H,3-8,11-17H2,1-2H3,(H2,31,33,34,35). The minimum atomic E-state index is 0.00445. The summed E-state index contributed by atoms with van der Waals surface area (Å²) in [7, 11) is 1.88. The maximum atomic E-state index is 12.6. The summed E-state index contributed by atoms with van der Waals surface area (Å²) in [5.41, 5.74) is 4.45. The van der Waals surface area contributed by atoms with E-state index in [0.717, 1.165) is 70.5 Å². The number of hydrogen-bond donors (Lipinski definition) is 3. The number of benzene rings is 1. The summed E-state index contributed by atoms with van der Waals surface area (Å²) < 4.78 is 5.60. The Hall–Kier alpha value is -3.66. The molecular weight excluding hydrogens is 506 g/mol. The lowest BCUT2D eigenvalue weighted by molar-refractivity contribution is -0.130. The fourth-order valence-corrected chi connectivity index (χ4v) is 5.62. The number of H-pyrrole nitrogens is 1. The molecule has 214 valence electrons. The Morgan fingerprint density at radius 2 is 1.93 bits per heavy atom. The number of nitrogens with zero attached hydrogens (tertiary/aromatic N) is 5. The van der Waals surface area contributed by atoms with Gasteiger partial charge in [-0.25, -0.2) is 9.97 Å². The predicted octanol–water partition coefficient (Wildman–Crippen LogP) is 4.65. The Morgan fingerprint density at radius 1 is 1.07 bits per heavy atom. The third-order valence-corrected chi connectivity index (χ3v) is 7.91. The van der Waals surface area contributed by atoms with Crippen molar-refractivity contribution in [3.05, 3.63) is 35.7 Å². The first-order valence-electron chi connectivity index (χ1n) is 14.5. The summed E-state index contributed by atoms with van der Waals surface area (Å²) in [6.07, 6.45) is 9.73. The highest BCUT2D eigenvalue weighted by atomic mass is 16.5. The van der Waals surface area contributed by atoms with E-state index < -0.39 is 0 Å². The Bertz CT molecular complexity index is 1330. The van der Waals surface area contributed by atoms with Crippen LogP contribution in [0.3, 0.4) is 0 Å². The van der Waals surface area contributed by atoms with Gasteiger partial charge in [0.05, 0.1) is 29.9 Å². The molecule has 1 atom stereocenters. The van der Waals surface area contributed by atoms with Gasteiger partial charge in [-0.3, -0.25) is 9.79 Å². The number of ether oxygens (including phenoxy) is 1. The molecule has 0 spiro atoms. The molecule has 40 heavy (non-hydrogen) atoms. The van der Waals surface area contributed by atoms with E-state index in [-0.39, 0.29) is 11.8 Å². The summed E-state index contributed by atoms with van der Waals surface area (Å²) in [4.78, 5) is 33.3. The van der Waals surface area contributed by atoms with E-state index in [1.54, 1.807) is 6.21 Å². The molecular formula is C30H41N7O3. The van der Waals surface area contributed by atoms with Gasteiger partial charge in [-0.05, 0) is 48.9 Å². The van der Waals surface area contributed by atoms with E-state index in [4.69, 9.17) is 9.73 Å². The van der Waals surface area contributed by atoms with Gasteiger partial charge in [0, 0.05) is 51.5 Å². The fraction of sp³-hybridized carbons (Fsp3) is 0.533. The molecule has 5 rings (SSSR count). The van der Waals surface area contributed by atoms with Crippen molar-refractivity contribution in [1.82, 2.24) is 19.9 Å². The Morgan fingerprint density at radius 3 is 2.77 bits per heavy atom. The second kappa shape index (κ2) is 13.1. The number of aromatic amines is 1. The molecule has 10 heteroatoms. The van der Waals surface area contributed by atoms with Crippen LogP contribution < -0.4 is 10.2 Å². The fourth-order valence-electron chi connectivity index (χ4n) is 5.62. The predicted molar refractivity (Wildman–Crippen MR) is 159 cm³/mol. The molecule has 1 aromatic carbocycles. The summed E-state index contributed by atoms with van der Waals surface area (Å²) in [5.74, 6) is 1.34. The number of rotatable bonds is 1. The number of aromatic nitrogens is 3. The number of carbonyl (C=O) groups excluding carboxylic acids is 1. The van der Waals surface area contributed by atoms with Gasteiger partial charge in [-0.1, -0.05) is 26.2 Å². The molecule has 0 radical (unpaired) electrons. The quantitative estimate of drug-likeness (QED) is 0.406. The Kier molecular flexibility index (Phi) is 9.15. The van der Waals surface area contributed by atoms with Crippen molar-refractivity contribution in [3.8, 4) is 5.88 Å². The van der Waals surface area contributed by atoms with E-state index in [1.165, 1.54) is 17.6 Å². The maximum absolute atomic E-state index is 12.6. The van der Waals surface area contributed by atoms with Crippen LogP contribution in [-0.4, -0.2) is 83.5 Å². The lowest BCUT2D eigenvalue weighted by atomic mass is 9.93. The van der Waals surface area contributed by atoms with Gasteiger partial charge in [0.2, 0.25) is 5.91 Å². The minimum Gasteiger partial charge on any atom is -0.494 e. The first kappa shape index (κ1) is 27.9. The molecule has 2 aromatic heterocycles. The van der Waals surface area contributed by atoms with Gasteiger partial charge in [0.15, 0.2) is 5.88 Å². The normalized spacial score (nSPS) is 20.2. The molecule has 1 amide bonds. The van der Waals surface area contributed by atoms with Gasteiger partial charge < -0.3 is 29.9 Å². The summed E-state index contributed by atoms with van der Waals surface area (Å²) >= 11 is 0. The molecule has 2 aliphatic rings. The second-order valence-electron chi connectivity index (χ2n) is 11.0. The van der Waals surface area contributed by atoms with Gasteiger partial charge >= 0.3 is 0 Å². The molecule has 2 aliphatic heterocycles. The molecule has 2 bridgehead atoms. The molecule has 0 aliphatic carbocycles. The molecule has 4 heterocycles. The van der Waals surface area contributed by atoms with Crippen LogP contribution in [-0.2, 0) is 16.0 Å². The van der Waals surface area contributed by atoms with Gasteiger partial charge in [-0.15, -0.1) is 0 Å². The van der Waals surface area contributed by atoms with E-state index in [2.05, 4.69) is 44.2 Å². The van der Waals surface area contributed by atoms with Crippen LogP contribution in [0.15, 0.2) is 29.5 Å². The lowest BCUT2D eigenvalue weighted by Gasteiger charge is -2.31. The Balaban J connectivity index is 1.47. The summed E-state index contributed by atoms with van der Waals surface area (Å²) in [6, 6.07) is 6.39. The lowest BCUT2D eigenvalue weighted by Crippen LogP contribution is -2.36. The monoisotopic (exact) mass is 547 g/mol. The van der Waals surface area contributed by atoms with Crippen LogP contribution in [0.2, 0.25) is 0 Å². The first-order valence-corrected chi connectivity index (χ1v) is 14.5. The second-order valence-corrected chi connectivity index (χ2v) is 11.0. The zero-order valence-electron chi connectivity index (χ0n) is 23.7. The van der Waals surface area contributed by atoms with E-state index in [9.17, 15) is 9.90 Å². The van der Waals surface area contributed by atoms with Crippen LogP contribution in [0.4, 0.5) is 17.2 Å². The summed E-state index contributed by atoms with van der Waals surface area (Å²) in [6.45, 7) is 6.85. The van der Waals surface area contributed by atoms with Crippen molar-refractivity contribution < 1.29 is 14.6 Å². The Labute approximate surface area is 235 Å². The van der Waals surface area contributed by atoms with Crippen LogP contribution in [0.5, 0.6) is 5.88 Å². The van der Waals surface area contributed by atoms with Crippen LogP contribution in [0.25, 0.3) is 11.0 Å². The number of anilines is 2. The molecule has 1 saturated heterocycles. The van der Waals surface area contributed by atoms with Crippen molar-refractivity contribution in [1.29, 1.82) is 0 Å². The highest BCUT2D eigenvalue weighted by Crippen LogP contribution is 2.32. The number of aliphatic imine (C=N–C) groups is 1. The van der Waals surface area contributed by atoms with Crippen molar-refractivity contribution in [3.63, 3.8) is 0 Å². The van der Waals surface area contributed by atoms with Gasteiger partial charge in [0.1, 0.15) is 17.8 Å². The largest absolute Gasteiger partial charge is 0.494 e. The molecule has 3 N–H and O–H groups in total. The first-order chi connectivity index (χ1) is 19.5. The molecule has 0 saturated carbocycles. The molecule has 3 aromatic rings. The number of morpholine rings is 1. The van der Waals surface area contributed by atoms with Crippen molar-refractivity contribution in [2.45, 2.75) is 51.9 Å². The van der Waals surface area contributed by atoms with Crippen LogP contribution in [0.1, 0.15) is 56.6 Å². The minimum absolute atomic E-state index is 0.00445. The number of fused-ring (bicyclic) bond motifs is 2. The number of amides is 1. The van der Waals surface area contributed by atoms with E-state index in [0.29, 0.717) is 47.8 Å². The molecule has 1 unspecified atom stereocenters. The van der Waals surface area contributed by atoms with E-state index in [1.807, 2.05) is 18.0 Å². The highest BCUT2D eigenvalue weighted by Gasteiger charge is 2.19. The smallest absolute Gasteiger partial charge is 0.222 e.